The highest BCUT2D eigenvalue weighted by Gasteiger charge is 2.31. The van der Waals surface area contributed by atoms with Crippen LogP contribution in [0.1, 0.15) is 62.9 Å². The van der Waals surface area contributed by atoms with Crippen molar-refractivity contribution >= 4 is 27.1 Å². The molecule has 1 atom stereocenters. The second-order valence-electron chi connectivity index (χ2n) is 7.75. The summed E-state index contributed by atoms with van der Waals surface area (Å²) in [6.45, 7) is 8.57. The average molecular weight is 424 g/mol. The van der Waals surface area contributed by atoms with E-state index in [2.05, 4.69) is 18.9 Å². The normalized spacial score (nSPS) is 18.5. The van der Waals surface area contributed by atoms with Gasteiger partial charge in [-0.15, -0.1) is 11.3 Å². The van der Waals surface area contributed by atoms with E-state index in [1.165, 1.54) is 10.4 Å². The lowest BCUT2D eigenvalue weighted by Crippen LogP contribution is -2.26. The van der Waals surface area contributed by atoms with E-state index in [0.29, 0.717) is 13.0 Å². The third-order valence-corrected chi connectivity index (χ3v) is 8.35. The van der Waals surface area contributed by atoms with Gasteiger partial charge >= 0.3 is 0 Å². The number of aromatic nitrogens is 2. The van der Waals surface area contributed by atoms with Crippen LogP contribution in [0.15, 0.2) is 6.07 Å². The lowest BCUT2D eigenvalue weighted by atomic mass is 10.1. The molecule has 2 aromatic rings. The van der Waals surface area contributed by atoms with Gasteiger partial charge < -0.3 is 4.90 Å². The second kappa shape index (κ2) is 7.99. The highest BCUT2D eigenvalue weighted by atomic mass is 32.2. The summed E-state index contributed by atoms with van der Waals surface area (Å²) in [5, 5.41) is 4.60. The fourth-order valence-corrected chi connectivity index (χ4v) is 6.65. The van der Waals surface area contributed by atoms with Crippen LogP contribution >= 0.6 is 11.3 Å². The van der Waals surface area contributed by atoms with E-state index in [9.17, 15) is 13.2 Å². The van der Waals surface area contributed by atoms with Crippen LogP contribution in [0.3, 0.4) is 0 Å². The van der Waals surface area contributed by atoms with E-state index in [0.717, 1.165) is 34.7 Å². The maximum atomic E-state index is 12.9. The molecule has 0 aromatic carbocycles. The molecule has 1 aliphatic heterocycles. The molecule has 6 nitrogen and oxygen atoms in total. The molecular formula is C20H29N3O3S2. The van der Waals surface area contributed by atoms with Crippen LogP contribution in [0.25, 0.3) is 0 Å². The van der Waals surface area contributed by atoms with Gasteiger partial charge in [0, 0.05) is 29.7 Å². The molecule has 8 heteroatoms. The molecule has 0 bridgehead atoms. The van der Waals surface area contributed by atoms with E-state index in [1.807, 2.05) is 31.6 Å². The summed E-state index contributed by atoms with van der Waals surface area (Å²) in [6.07, 6.45) is 2.66. The van der Waals surface area contributed by atoms with Gasteiger partial charge in [0.1, 0.15) is 0 Å². The molecule has 0 radical (unpaired) electrons. The summed E-state index contributed by atoms with van der Waals surface area (Å²) in [6, 6.07) is 1.92. The molecule has 0 saturated carbocycles. The summed E-state index contributed by atoms with van der Waals surface area (Å²) in [5.41, 5.74) is 4.07. The summed E-state index contributed by atoms with van der Waals surface area (Å²) < 4.78 is 25.5. The van der Waals surface area contributed by atoms with Gasteiger partial charge in [0.05, 0.1) is 28.1 Å². The Hall–Kier alpha value is -1.67. The summed E-state index contributed by atoms with van der Waals surface area (Å²) >= 11 is 1.56. The van der Waals surface area contributed by atoms with Crippen molar-refractivity contribution in [3.8, 4) is 0 Å². The predicted octanol–water partition coefficient (Wildman–Crippen LogP) is 3.45. The van der Waals surface area contributed by atoms with Gasteiger partial charge in [0.2, 0.25) is 0 Å². The summed E-state index contributed by atoms with van der Waals surface area (Å²) in [7, 11) is -1.15. The van der Waals surface area contributed by atoms with Gasteiger partial charge in [-0.05, 0) is 45.2 Å². The van der Waals surface area contributed by atoms with E-state index in [1.54, 1.807) is 16.2 Å². The number of hydrogen-bond donors (Lipinski definition) is 0. The average Bonchev–Trinajstić information content (AvgIpc) is 3.26. The molecule has 1 saturated heterocycles. The van der Waals surface area contributed by atoms with E-state index in [-0.39, 0.29) is 23.5 Å². The minimum absolute atomic E-state index is 0.0189. The Morgan fingerprint density at radius 2 is 2.07 bits per heavy atom. The quantitative estimate of drug-likeness (QED) is 0.713. The Kier molecular flexibility index (Phi) is 6.00. The molecule has 3 heterocycles. The van der Waals surface area contributed by atoms with Crippen molar-refractivity contribution in [2.45, 2.75) is 59.5 Å². The lowest BCUT2D eigenvalue weighted by molar-refractivity contribution is 0.0789. The zero-order valence-electron chi connectivity index (χ0n) is 17.3. The molecule has 0 N–H and O–H groups in total. The van der Waals surface area contributed by atoms with Gasteiger partial charge in [-0.25, -0.2) is 8.42 Å². The SMILES string of the molecule is CCCc1cc(C(=O)N(C)Cc2c(C)nn([C@@H]3CCS(=O)(=O)C3)c2C)sc1C. The smallest absolute Gasteiger partial charge is 0.263 e. The van der Waals surface area contributed by atoms with Crippen LogP contribution in [0.2, 0.25) is 0 Å². The first-order chi connectivity index (χ1) is 13.1. The Morgan fingerprint density at radius 1 is 1.36 bits per heavy atom. The third-order valence-electron chi connectivity index (χ3n) is 5.52. The third kappa shape index (κ3) is 4.17. The molecule has 2 aromatic heterocycles. The number of amides is 1. The van der Waals surface area contributed by atoms with Crippen molar-refractivity contribution in [1.82, 2.24) is 14.7 Å². The van der Waals surface area contributed by atoms with Crippen molar-refractivity contribution in [3.05, 3.63) is 38.3 Å². The standard InChI is InChI=1S/C20H29N3O3S2/c1-6-7-16-10-19(27-15(16)4)20(24)22(5)11-18-13(2)21-23(14(18)3)17-8-9-28(25,26)12-17/h10,17H,6-9,11-12H2,1-5H3/t17-/m1/s1. The molecule has 154 valence electrons. The van der Waals surface area contributed by atoms with Gasteiger partial charge in [0.15, 0.2) is 9.84 Å². The first kappa shape index (κ1) is 21.0. The van der Waals surface area contributed by atoms with Crippen LogP contribution in [-0.4, -0.2) is 47.6 Å². The number of carbonyl (C=O) groups excluding carboxylic acids is 1. The highest BCUT2D eigenvalue weighted by Crippen LogP contribution is 2.28. The summed E-state index contributed by atoms with van der Waals surface area (Å²) in [5.74, 6) is 0.393. The molecular weight excluding hydrogens is 394 g/mol. The Morgan fingerprint density at radius 3 is 2.68 bits per heavy atom. The highest BCUT2D eigenvalue weighted by molar-refractivity contribution is 7.91. The summed E-state index contributed by atoms with van der Waals surface area (Å²) in [4.78, 5) is 16.6. The van der Waals surface area contributed by atoms with Gasteiger partial charge in [0.25, 0.3) is 5.91 Å². The second-order valence-corrected chi connectivity index (χ2v) is 11.2. The van der Waals surface area contributed by atoms with Gasteiger partial charge in [-0.3, -0.25) is 9.48 Å². The topological polar surface area (TPSA) is 72.3 Å². The van der Waals surface area contributed by atoms with Crippen molar-refractivity contribution < 1.29 is 13.2 Å². The maximum absolute atomic E-state index is 12.9. The number of carbonyl (C=O) groups is 1. The van der Waals surface area contributed by atoms with Crippen LogP contribution in [-0.2, 0) is 22.8 Å². The van der Waals surface area contributed by atoms with Crippen LogP contribution in [0, 0.1) is 20.8 Å². The Bertz CT molecular complexity index is 989. The number of hydrogen-bond acceptors (Lipinski definition) is 5. The fourth-order valence-electron chi connectivity index (χ4n) is 3.89. The van der Waals surface area contributed by atoms with Crippen molar-refractivity contribution in [1.29, 1.82) is 0 Å². The van der Waals surface area contributed by atoms with Crippen molar-refractivity contribution in [3.63, 3.8) is 0 Å². The molecule has 1 aliphatic rings. The van der Waals surface area contributed by atoms with Gasteiger partial charge in [-0.1, -0.05) is 13.3 Å². The fraction of sp³-hybridized carbons (Fsp3) is 0.600. The molecule has 0 aliphatic carbocycles. The zero-order chi connectivity index (χ0) is 20.6. The first-order valence-corrected chi connectivity index (χ1v) is 12.4. The number of thiophene rings is 1. The van der Waals surface area contributed by atoms with Crippen LogP contribution < -0.4 is 0 Å². The monoisotopic (exact) mass is 423 g/mol. The minimum Gasteiger partial charge on any atom is -0.337 e. The maximum Gasteiger partial charge on any atom is 0.263 e. The van der Waals surface area contributed by atoms with E-state index < -0.39 is 9.84 Å². The molecule has 3 rings (SSSR count). The van der Waals surface area contributed by atoms with Crippen LogP contribution in [0.4, 0.5) is 0 Å². The van der Waals surface area contributed by atoms with E-state index in [4.69, 9.17) is 0 Å². The van der Waals surface area contributed by atoms with E-state index >= 15 is 0 Å². The van der Waals surface area contributed by atoms with Crippen LogP contribution in [0.5, 0.6) is 0 Å². The van der Waals surface area contributed by atoms with Crippen molar-refractivity contribution in [2.75, 3.05) is 18.6 Å². The molecule has 1 fully saturated rings. The predicted molar refractivity (Wildman–Crippen MR) is 113 cm³/mol. The molecule has 28 heavy (non-hydrogen) atoms. The number of sulfone groups is 1. The minimum atomic E-state index is -2.97. The Balaban J connectivity index is 1.78. The zero-order valence-corrected chi connectivity index (χ0v) is 18.9. The Labute approximate surface area is 171 Å². The number of aryl methyl sites for hydroxylation is 3. The first-order valence-electron chi connectivity index (χ1n) is 9.72. The molecule has 0 spiro atoms. The number of nitrogens with zero attached hydrogens (tertiary/aromatic N) is 3. The van der Waals surface area contributed by atoms with Crippen molar-refractivity contribution in [2.24, 2.45) is 0 Å². The number of rotatable bonds is 6. The molecule has 1 amide bonds. The molecule has 0 unspecified atom stereocenters. The largest absolute Gasteiger partial charge is 0.337 e. The van der Waals surface area contributed by atoms with Gasteiger partial charge in [-0.2, -0.15) is 5.10 Å². The lowest BCUT2D eigenvalue weighted by Gasteiger charge is -2.17.